The highest BCUT2D eigenvalue weighted by Crippen LogP contribution is 2.19. The number of hydrogen-bond donors (Lipinski definition) is 0. The Hall–Kier alpha value is -1.16. The standard InChI is InChI=1S/C11H17NO3/c1-4-15-8-11(2,3)7-12-9(13)5-6-10(12)14/h5-6H,4,7-8H2,1-3H3. The van der Waals surface area contributed by atoms with Gasteiger partial charge in [0.1, 0.15) is 0 Å². The summed E-state index contributed by atoms with van der Waals surface area (Å²) in [5, 5.41) is 0. The van der Waals surface area contributed by atoms with Crippen molar-refractivity contribution in [2.45, 2.75) is 20.8 Å². The van der Waals surface area contributed by atoms with E-state index in [1.165, 1.54) is 17.1 Å². The molecule has 0 aromatic heterocycles. The van der Waals surface area contributed by atoms with Crippen LogP contribution in [-0.4, -0.2) is 36.5 Å². The lowest BCUT2D eigenvalue weighted by molar-refractivity contribution is -0.139. The highest BCUT2D eigenvalue weighted by molar-refractivity contribution is 6.12. The fraction of sp³-hybridized carbons (Fsp3) is 0.636. The van der Waals surface area contributed by atoms with Gasteiger partial charge < -0.3 is 4.74 Å². The monoisotopic (exact) mass is 211 g/mol. The number of imide groups is 1. The van der Waals surface area contributed by atoms with E-state index in [0.29, 0.717) is 19.8 Å². The van der Waals surface area contributed by atoms with Gasteiger partial charge >= 0.3 is 0 Å². The van der Waals surface area contributed by atoms with E-state index in [4.69, 9.17) is 4.74 Å². The predicted octanol–water partition coefficient (Wildman–Crippen LogP) is 0.974. The number of rotatable bonds is 5. The maximum atomic E-state index is 11.3. The van der Waals surface area contributed by atoms with Gasteiger partial charge in [-0.25, -0.2) is 0 Å². The molecule has 0 aromatic rings. The summed E-state index contributed by atoms with van der Waals surface area (Å²) < 4.78 is 5.31. The maximum absolute atomic E-state index is 11.3. The van der Waals surface area contributed by atoms with Crippen molar-refractivity contribution < 1.29 is 14.3 Å². The molecule has 84 valence electrons. The first kappa shape index (κ1) is 11.9. The average molecular weight is 211 g/mol. The Morgan fingerprint density at radius 3 is 2.27 bits per heavy atom. The smallest absolute Gasteiger partial charge is 0.253 e. The van der Waals surface area contributed by atoms with Gasteiger partial charge in [0, 0.05) is 30.7 Å². The van der Waals surface area contributed by atoms with Crippen LogP contribution in [0.5, 0.6) is 0 Å². The Morgan fingerprint density at radius 2 is 1.80 bits per heavy atom. The molecular weight excluding hydrogens is 194 g/mol. The molecule has 0 aromatic carbocycles. The van der Waals surface area contributed by atoms with Crippen LogP contribution in [0.25, 0.3) is 0 Å². The van der Waals surface area contributed by atoms with Gasteiger partial charge in [-0.3, -0.25) is 14.5 Å². The minimum absolute atomic E-state index is 0.201. The molecule has 0 aliphatic carbocycles. The van der Waals surface area contributed by atoms with Gasteiger partial charge in [0.15, 0.2) is 0 Å². The molecular formula is C11H17NO3. The van der Waals surface area contributed by atoms with Gasteiger partial charge in [-0.1, -0.05) is 13.8 Å². The molecule has 1 aliphatic heterocycles. The van der Waals surface area contributed by atoms with Crippen molar-refractivity contribution in [3.63, 3.8) is 0 Å². The largest absolute Gasteiger partial charge is 0.381 e. The van der Waals surface area contributed by atoms with Crippen LogP contribution in [0, 0.1) is 5.41 Å². The van der Waals surface area contributed by atoms with E-state index in [-0.39, 0.29) is 17.2 Å². The van der Waals surface area contributed by atoms with Gasteiger partial charge in [0.25, 0.3) is 11.8 Å². The van der Waals surface area contributed by atoms with E-state index < -0.39 is 0 Å². The Kier molecular flexibility index (Phi) is 3.63. The highest BCUT2D eigenvalue weighted by atomic mass is 16.5. The number of nitrogens with zero attached hydrogens (tertiary/aromatic N) is 1. The van der Waals surface area contributed by atoms with Gasteiger partial charge in [-0.15, -0.1) is 0 Å². The second-order valence-electron chi connectivity index (χ2n) is 4.40. The third-order valence-electron chi connectivity index (χ3n) is 2.18. The molecule has 1 heterocycles. The third kappa shape index (κ3) is 3.16. The second-order valence-corrected chi connectivity index (χ2v) is 4.40. The lowest BCUT2D eigenvalue weighted by Crippen LogP contribution is -2.40. The summed E-state index contributed by atoms with van der Waals surface area (Å²) in [6.07, 6.45) is 2.61. The molecule has 0 saturated heterocycles. The molecule has 0 N–H and O–H groups in total. The van der Waals surface area contributed by atoms with E-state index in [2.05, 4.69) is 0 Å². The van der Waals surface area contributed by atoms with E-state index >= 15 is 0 Å². The number of ether oxygens (including phenoxy) is 1. The summed E-state index contributed by atoms with van der Waals surface area (Å²) in [6.45, 7) is 7.45. The van der Waals surface area contributed by atoms with E-state index in [1.54, 1.807) is 0 Å². The molecule has 2 amide bonds. The third-order valence-corrected chi connectivity index (χ3v) is 2.18. The van der Waals surface area contributed by atoms with Crippen molar-refractivity contribution in [1.29, 1.82) is 0 Å². The quantitative estimate of drug-likeness (QED) is 0.637. The zero-order chi connectivity index (χ0) is 11.5. The van der Waals surface area contributed by atoms with Crippen molar-refractivity contribution in [3.05, 3.63) is 12.2 Å². The fourth-order valence-electron chi connectivity index (χ4n) is 1.44. The Bertz CT molecular complexity index is 276. The van der Waals surface area contributed by atoms with Crippen LogP contribution in [0.15, 0.2) is 12.2 Å². The molecule has 15 heavy (non-hydrogen) atoms. The second kappa shape index (κ2) is 4.57. The first-order chi connectivity index (χ1) is 6.96. The van der Waals surface area contributed by atoms with Gasteiger partial charge in [-0.05, 0) is 6.92 Å². The molecule has 0 saturated carbocycles. The molecule has 0 atom stereocenters. The zero-order valence-electron chi connectivity index (χ0n) is 9.45. The van der Waals surface area contributed by atoms with Crippen LogP contribution in [0.3, 0.4) is 0 Å². The molecule has 0 spiro atoms. The molecule has 1 rings (SSSR count). The Labute approximate surface area is 89.9 Å². The van der Waals surface area contributed by atoms with Gasteiger partial charge in [0.05, 0.1) is 6.61 Å². The minimum atomic E-state index is -0.232. The summed E-state index contributed by atoms with van der Waals surface area (Å²) in [6, 6.07) is 0. The summed E-state index contributed by atoms with van der Waals surface area (Å²) in [5.41, 5.74) is -0.201. The lowest BCUT2D eigenvalue weighted by atomic mass is 9.94. The molecule has 0 fully saturated rings. The SMILES string of the molecule is CCOCC(C)(C)CN1C(=O)C=CC1=O. The van der Waals surface area contributed by atoms with Crippen LogP contribution in [0.4, 0.5) is 0 Å². The summed E-state index contributed by atoms with van der Waals surface area (Å²) in [7, 11) is 0. The number of carbonyl (C=O) groups excluding carboxylic acids is 2. The zero-order valence-corrected chi connectivity index (χ0v) is 9.45. The number of amides is 2. The van der Waals surface area contributed by atoms with Crippen molar-refractivity contribution in [3.8, 4) is 0 Å². The first-order valence-corrected chi connectivity index (χ1v) is 5.07. The number of carbonyl (C=O) groups is 2. The normalized spacial score (nSPS) is 16.6. The van der Waals surface area contributed by atoms with Gasteiger partial charge in [-0.2, -0.15) is 0 Å². The van der Waals surface area contributed by atoms with Crippen LogP contribution < -0.4 is 0 Å². The molecule has 0 bridgehead atoms. The average Bonchev–Trinajstić information content (AvgIpc) is 2.46. The van der Waals surface area contributed by atoms with Crippen LogP contribution in [0.1, 0.15) is 20.8 Å². The van der Waals surface area contributed by atoms with E-state index in [1.807, 2.05) is 20.8 Å². The fourth-order valence-corrected chi connectivity index (χ4v) is 1.44. The maximum Gasteiger partial charge on any atom is 0.253 e. The van der Waals surface area contributed by atoms with Crippen LogP contribution in [-0.2, 0) is 14.3 Å². The first-order valence-electron chi connectivity index (χ1n) is 5.07. The lowest BCUT2D eigenvalue weighted by Gasteiger charge is -2.28. The number of hydrogen-bond acceptors (Lipinski definition) is 3. The molecule has 4 heteroatoms. The predicted molar refractivity (Wildman–Crippen MR) is 56.1 cm³/mol. The van der Waals surface area contributed by atoms with Crippen molar-refractivity contribution in [1.82, 2.24) is 4.90 Å². The summed E-state index contributed by atoms with van der Waals surface area (Å²) in [4.78, 5) is 23.9. The Balaban J connectivity index is 2.53. The minimum Gasteiger partial charge on any atom is -0.381 e. The van der Waals surface area contributed by atoms with Crippen molar-refractivity contribution in [2.75, 3.05) is 19.8 Å². The van der Waals surface area contributed by atoms with Crippen LogP contribution in [0.2, 0.25) is 0 Å². The molecule has 0 unspecified atom stereocenters. The van der Waals surface area contributed by atoms with Gasteiger partial charge in [0.2, 0.25) is 0 Å². The highest BCUT2D eigenvalue weighted by Gasteiger charge is 2.30. The Morgan fingerprint density at radius 1 is 1.27 bits per heavy atom. The topological polar surface area (TPSA) is 46.6 Å². The summed E-state index contributed by atoms with van der Waals surface area (Å²) >= 11 is 0. The van der Waals surface area contributed by atoms with Crippen molar-refractivity contribution >= 4 is 11.8 Å². The van der Waals surface area contributed by atoms with E-state index in [0.717, 1.165) is 0 Å². The van der Waals surface area contributed by atoms with Crippen LogP contribution >= 0.6 is 0 Å². The van der Waals surface area contributed by atoms with E-state index in [9.17, 15) is 9.59 Å². The summed E-state index contributed by atoms with van der Waals surface area (Å²) in [5.74, 6) is -0.464. The van der Waals surface area contributed by atoms with Crippen molar-refractivity contribution in [2.24, 2.45) is 5.41 Å². The molecule has 0 radical (unpaired) electrons. The molecule has 4 nitrogen and oxygen atoms in total. The molecule has 1 aliphatic rings.